The molecule has 0 fully saturated rings. The molecule has 0 N–H and O–H groups in total. The molecule has 4 heteroatoms. The molecular formula is C5H11ClO2Si. The van der Waals surface area contributed by atoms with E-state index in [1.165, 1.54) is 0 Å². The molecule has 0 saturated heterocycles. The molecular weight excluding hydrogens is 156 g/mol. The van der Waals surface area contributed by atoms with Crippen molar-refractivity contribution in [2.75, 3.05) is 13.2 Å². The zero-order chi connectivity index (χ0) is 7.11. The topological polar surface area (TPSA) is 18.5 Å². The second-order valence-electron chi connectivity index (χ2n) is 1.35. The van der Waals surface area contributed by atoms with Gasteiger partial charge in [0.25, 0.3) is 0 Å². The highest BCUT2D eigenvalue weighted by atomic mass is 35.6. The Morgan fingerprint density at radius 3 is 2.00 bits per heavy atom. The SMILES string of the molecule is CCOC(OCC)[Si]Cl. The van der Waals surface area contributed by atoms with Crippen LogP contribution in [0.1, 0.15) is 13.8 Å². The van der Waals surface area contributed by atoms with Crippen LogP contribution < -0.4 is 0 Å². The van der Waals surface area contributed by atoms with E-state index in [-0.39, 0.29) is 14.7 Å². The molecule has 0 aromatic carbocycles. The Balaban J connectivity index is 3.18. The third-order valence-electron chi connectivity index (χ3n) is 0.725. The van der Waals surface area contributed by atoms with Gasteiger partial charge in [-0.05, 0) is 13.8 Å². The lowest BCUT2D eigenvalue weighted by Crippen LogP contribution is -2.21. The van der Waals surface area contributed by atoms with Gasteiger partial charge < -0.3 is 9.47 Å². The van der Waals surface area contributed by atoms with Gasteiger partial charge in [0, 0.05) is 13.2 Å². The smallest absolute Gasteiger partial charge is 0.244 e. The highest BCUT2D eigenvalue weighted by molar-refractivity contribution is 6.94. The lowest BCUT2D eigenvalue weighted by Gasteiger charge is -2.11. The van der Waals surface area contributed by atoms with Crippen LogP contribution in [0.3, 0.4) is 0 Å². The summed E-state index contributed by atoms with van der Waals surface area (Å²) in [7, 11) is 0.190. The molecule has 0 bridgehead atoms. The summed E-state index contributed by atoms with van der Waals surface area (Å²) in [5.41, 5.74) is 0. The summed E-state index contributed by atoms with van der Waals surface area (Å²) in [6.45, 7) is 5.15. The molecule has 0 aromatic rings. The summed E-state index contributed by atoms with van der Waals surface area (Å²) in [5.74, 6) is -0.193. The average Bonchev–Trinajstić information content (AvgIpc) is 1.88. The maximum absolute atomic E-state index is 5.50. The monoisotopic (exact) mass is 166 g/mol. The molecule has 9 heavy (non-hydrogen) atoms. The van der Waals surface area contributed by atoms with Crippen LogP contribution in [-0.4, -0.2) is 28.0 Å². The van der Waals surface area contributed by atoms with Crippen molar-refractivity contribution >= 4 is 19.9 Å². The Morgan fingerprint density at radius 1 is 1.33 bits per heavy atom. The quantitative estimate of drug-likeness (QED) is 0.347. The molecule has 0 saturated carbocycles. The first-order chi connectivity index (χ1) is 4.35. The number of halogens is 1. The van der Waals surface area contributed by atoms with Crippen molar-refractivity contribution in [1.29, 1.82) is 0 Å². The molecule has 0 amide bonds. The minimum atomic E-state index is -0.193. The van der Waals surface area contributed by atoms with E-state index in [1.54, 1.807) is 0 Å². The Labute approximate surface area is 63.0 Å². The zero-order valence-electron chi connectivity index (χ0n) is 5.69. The molecule has 0 aliphatic carbocycles. The van der Waals surface area contributed by atoms with Crippen LogP contribution in [0.25, 0.3) is 0 Å². The van der Waals surface area contributed by atoms with Gasteiger partial charge in [-0.1, -0.05) is 0 Å². The highest BCUT2D eigenvalue weighted by Gasteiger charge is 2.05. The lowest BCUT2D eigenvalue weighted by atomic mass is 10.9. The van der Waals surface area contributed by atoms with Crippen LogP contribution in [0.15, 0.2) is 0 Å². The summed E-state index contributed by atoms with van der Waals surface area (Å²) >= 11 is 5.50. The molecule has 0 aliphatic rings. The highest BCUT2D eigenvalue weighted by Crippen LogP contribution is 1.93. The summed E-state index contributed by atoms with van der Waals surface area (Å²) < 4.78 is 10.2. The van der Waals surface area contributed by atoms with Crippen molar-refractivity contribution in [3.05, 3.63) is 0 Å². The number of ether oxygens (including phenoxy) is 2. The molecule has 0 unspecified atom stereocenters. The van der Waals surface area contributed by atoms with Crippen molar-refractivity contribution in [1.82, 2.24) is 0 Å². The minimum absolute atomic E-state index is 0.190. The Kier molecular flexibility index (Phi) is 6.86. The van der Waals surface area contributed by atoms with Crippen LogP contribution in [0, 0.1) is 0 Å². The van der Waals surface area contributed by atoms with E-state index in [2.05, 4.69) is 0 Å². The summed E-state index contributed by atoms with van der Waals surface area (Å²) in [6, 6.07) is 0. The maximum Gasteiger partial charge on any atom is 0.244 e. The van der Waals surface area contributed by atoms with Crippen molar-refractivity contribution in [2.45, 2.75) is 19.8 Å². The number of hydrogen-bond acceptors (Lipinski definition) is 2. The first-order valence-electron chi connectivity index (χ1n) is 2.94. The van der Waals surface area contributed by atoms with Gasteiger partial charge in [-0.3, -0.25) is 0 Å². The standard InChI is InChI=1S/C5H11ClO2Si/c1-3-7-5(9-6)8-4-2/h5H,3-4H2,1-2H3. The lowest BCUT2D eigenvalue weighted by molar-refractivity contribution is -0.0811. The van der Waals surface area contributed by atoms with Crippen molar-refractivity contribution in [2.24, 2.45) is 0 Å². The van der Waals surface area contributed by atoms with Crippen molar-refractivity contribution < 1.29 is 9.47 Å². The number of hydrogen-bond donors (Lipinski definition) is 0. The van der Waals surface area contributed by atoms with Crippen LogP contribution in [0.2, 0.25) is 0 Å². The van der Waals surface area contributed by atoms with E-state index in [0.29, 0.717) is 13.2 Å². The fourth-order valence-electron chi connectivity index (χ4n) is 0.414. The third kappa shape index (κ3) is 4.90. The molecule has 2 radical (unpaired) electrons. The first kappa shape index (κ1) is 9.43. The summed E-state index contributed by atoms with van der Waals surface area (Å²) in [6.07, 6.45) is 0. The molecule has 0 atom stereocenters. The first-order valence-corrected chi connectivity index (χ1v) is 5.03. The van der Waals surface area contributed by atoms with Gasteiger partial charge in [0.1, 0.15) is 0 Å². The molecule has 0 aromatic heterocycles. The van der Waals surface area contributed by atoms with E-state index >= 15 is 0 Å². The molecule has 54 valence electrons. The van der Waals surface area contributed by atoms with Gasteiger partial charge in [-0.15, -0.1) is 0 Å². The Bertz CT molecular complexity index is 56.9. The fraction of sp³-hybridized carbons (Fsp3) is 1.00. The molecule has 0 aliphatic heterocycles. The van der Waals surface area contributed by atoms with Crippen LogP contribution in [-0.2, 0) is 9.47 Å². The van der Waals surface area contributed by atoms with Crippen LogP contribution in [0.4, 0.5) is 0 Å². The number of rotatable bonds is 5. The molecule has 0 spiro atoms. The van der Waals surface area contributed by atoms with Gasteiger partial charge in [-0.25, -0.2) is 0 Å². The van der Waals surface area contributed by atoms with E-state index in [4.69, 9.17) is 20.6 Å². The van der Waals surface area contributed by atoms with E-state index < -0.39 is 0 Å². The van der Waals surface area contributed by atoms with E-state index in [0.717, 1.165) is 0 Å². The predicted molar refractivity (Wildman–Crippen MR) is 38.6 cm³/mol. The van der Waals surface area contributed by atoms with Gasteiger partial charge in [0.05, 0.1) is 0 Å². The second-order valence-corrected chi connectivity index (χ2v) is 2.70. The van der Waals surface area contributed by atoms with Gasteiger partial charge in [-0.2, -0.15) is 11.1 Å². The van der Waals surface area contributed by atoms with Gasteiger partial charge in [0.15, 0.2) is 5.91 Å². The van der Waals surface area contributed by atoms with E-state index in [9.17, 15) is 0 Å². The maximum atomic E-state index is 5.50. The second kappa shape index (κ2) is 6.55. The summed E-state index contributed by atoms with van der Waals surface area (Å²) in [4.78, 5) is 0. The molecule has 0 rings (SSSR count). The largest absolute Gasteiger partial charge is 0.356 e. The third-order valence-corrected chi connectivity index (χ3v) is 1.77. The van der Waals surface area contributed by atoms with Crippen molar-refractivity contribution in [3.63, 3.8) is 0 Å². The Hall–Kier alpha value is 0.427. The van der Waals surface area contributed by atoms with Crippen LogP contribution >= 0.6 is 11.1 Å². The van der Waals surface area contributed by atoms with Gasteiger partial charge >= 0.3 is 0 Å². The zero-order valence-corrected chi connectivity index (χ0v) is 7.44. The van der Waals surface area contributed by atoms with Crippen LogP contribution in [0.5, 0.6) is 0 Å². The predicted octanol–water partition coefficient (Wildman–Crippen LogP) is 1.20. The molecule has 2 nitrogen and oxygen atoms in total. The molecule has 0 heterocycles. The normalized spacial score (nSPS) is 10.7. The van der Waals surface area contributed by atoms with Crippen molar-refractivity contribution in [3.8, 4) is 0 Å². The van der Waals surface area contributed by atoms with Gasteiger partial charge in [0.2, 0.25) is 8.83 Å². The Morgan fingerprint density at radius 2 is 1.78 bits per heavy atom. The average molecular weight is 167 g/mol. The fourth-order valence-corrected chi connectivity index (χ4v) is 1.25. The van der Waals surface area contributed by atoms with E-state index in [1.807, 2.05) is 13.8 Å². The minimum Gasteiger partial charge on any atom is -0.356 e. The summed E-state index contributed by atoms with van der Waals surface area (Å²) in [5, 5.41) is 0.